The Hall–Kier alpha value is -2.04. The van der Waals surface area contributed by atoms with E-state index in [1.54, 1.807) is 6.08 Å². The van der Waals surface area contributed by atoms with Gasteiger partial charge in [0.25, 0.3) is 0 Å². The fourth-order valence-electron chi connectivity index (χ4n) is 2.25. The summed E-state index contributed by atoms with van der Waals surface area (Å²) >= 11 is 4.84. The third-order valence-electron chi connectivity index (χ3n) is 3.36. The lowest BCUT2D eigenvalue weighted by atomic mass is 10.1. The molecule has 0 heterocycles. The number of carboxylic acid groups (broad SMARTS) is 1. The third-order valence-corrected chi connectivity index (χ3v) is 5.27. The van der Waals surface area contributed by atoms with E-state index in [0.29, 0.717) is 0 Å². The van der Waals surface area contributed by atoms with Crippen LogP contribution in [0.2, 0.25) is 0 Å². The molecular formula is C19H13BrO2S. The Morgan fingerprint density at radius 2 is 1.65 bits per heavy atom. The molecule has 0 aliphatic carbocycles. The first-order chi connectivity index (χ1) is 11.1. The van der Waals surface area contributed by atoms with Crippen LogP contribution in [0.1, 0.15) is 5.56 Å². The molecule has 114 valence electrons. The number of hydrogen-bond donors (Lipinski definition) is 1. The molecule has 0 fully saturated rings. The third kappa shape index (κ3) is 3.66. The quantitative estimate of drug-likeness (QED) is 0.454. The Bertz CT molecular complexity index is 888. The van der Waals surface area contributed by atoms with Crippen LogP contribution in [-0.4, -0.2) is 11.1 Å². The monoisotopic (exact) mass is 384 g/mol. The molecule has 0 spiro atoms. The van der Waals surface area contributed by atoms with Gasteiger partial charge in [-0.15, -0.1) is 0 Å². The molecule has 4 heteroatoms. The summed E-state index contributed by atoms with van der Waals surface area (Å²) in [5.74, 6) is -0.932. The fraction of sp³-hybridized carbons (Fsp3) is 0. The van der Waals surface area contributed by atoms with Crippen LogP contribution in [0, 0.1) is 0 Å². The molecule has 3 rings (SSSR count). The van der Waals surface area contributed by atoms with Gasteiger partial charge in [0.2, 0.25) is 0 Å². The SMILES string of the molecule is O=C(O)/C(=C/c1ccc2ccccc2c1Br)Sc1ccccc1. The molecule has 2 nitrogen and oxygen atoms in total. The Kier molecular flexibility index (Phi) is 4.84. The molecule has 0 saturated carbocycles. The summed E-state index contributed by atoms with van der Waals surface area (Å²) < 4.78 is 0.906. The van der Waals surface area contributed by atoms with Crippen LogP contribution in [0.3, 0.4) is 0 Å². The number of halogens is 1. The molecule has 0 radical (unpaired) electrons. The van der Waals surface area contributed by atoms with Crippen molar-refractivity contribution < 1.29 is 9.90 Å². The number of carbonyl (C=O) groups is 1. The molecule has 0 amide bonds. The van der Waals surface area contributed by atoms with Gasteiger partial charge in [0.05, 0.1) is 4.91 Å². The first-order valence-corrected chi connectivity index (χ1v) is 8.61. The highest BCUT2D eigenvalue weighted by atomic mass is 79.9. The number of thioether (sulfide) groups is 1. The fourth-order valence-corrected chi connectivity index (χ4v) is 3.68. The van der Waals surface area contributed by atoms with E-state index in [9.17, 15) is 9.90 Å². The van der Waals surface area contributed by atoms with Crippen LogP contribution in [0.15, 0.2) is 81.0 Å². The highest BCUT2D eigenvalue weighted by Crippen LogP contribution is 2.33. The standard InChI is InChI=1S/C19H13BrO2S/c20-18-14(11-10-13-6-4-5-9-16(13)18)12-17(19(21)22)23-15-7-2-1-3-8-15/h1-12H,(H,21,22)/b17-12-. The lowest BCUT2D eigenvalue weighted by Gasteiger charge is -2.07. The lowest BCUT2D eigenvalue weighted by molar-refractivity contribution is -0.131. The smallest absolute Gasteiger partial charge is 0.342 e. The van der Waals surface area contributed by atoms with E-state index < -0.39 is 5.97 Å². The van der Waals surface area contributed by atoms with Gasteiger partial charge in [-0.2, -0.15) is 0 Å². The van der Waals surface area contributed by atoms with Crippen LogP contribution < -0.4 is 0 Å². The molecule has 0 bridgehead atoms. The number of fused-ring (bicyclic) bond motifs is 1. The van der Waals surface area contributed by atoms with Gasteiger partial charge in [-0.25, -0.2) is 4.79 Å². The van der Waals surface area contributed by atoms with E-state index in [-0.39, 0.29) is 4.91 Å². The predicted octanol–water partition coefficient (Wildman–Crippen LogP) is 5.82. The number of hydrogen-bond acceptors (Lipinski definition) is 2. The molecule has 0 aromatic heterocycles. The van der Waals surface area contributed by atoms with Gasteiger partial charge in [-0.1, -0.05) is 66.4 Å². The first-order valence-electron chi connectivity index (χ1n) is 7.00. The molecule has 23 heavy (non-hydrogen) atoms. The number of rotatable bonds is 4. The van der Waals surface area contributed by atoms with Crippen LogP contribution in [-0.2, 0) is 4.79 Å². The summed E-state index contributed by atoms with van der Waals surface area (Å²) in [7, 11) is 0. The van der Waals surface area contributed by atoms with Crippen LogP contribution in [0.5, 0.6) is 0 Å². The summed E-state index contributed by atoms with van der Waals surface area (Å²) in [6.07, 6.45) is 1.70. The van der Waals surface area contributed by atoms with Gasteiger partial charge in [0, 0.05) is 9.37 Å². The molecule has 3 aromatic carbocycles. The molecule has 1 N–H and O–H groups in total. The van der Waals surface area contributed by atoms with Crippen molar-refractivity contribution >= 4 is 50.5 Å². The maximum atomic E-state index is 11.6. The zero-order valence-electron chi connectivity index (χ0n) is 12.1. The Morgan fingerprint density at radius 3 is 2.39 bits per heavy atom. The topological polar surface area (TPSA) is 37.3 Å². The number of aliphatic carboxylic acids is 1. The van der Waals surface area contributed by atoms with Gasteiger partial charge in [0.15, 0.2) is 0 Å². The van der Waals surface area contributed by atoms with Crippen molar-refractivity contribution in [1.29, 1.82) is 0 Å². The normalized spacial score (nSPS) is 11.6. The second-order valence-corrected chi connectivity index (χ2v) is 6.83. The van der Waals surface area contributed by atoms with Crippen LogP contribution in [0.4, 0.5) is 0 Å². The minimum Gasteiger partial charge on any atom is -0.477 e. The second kappa shape index (κ2) is 7.02. The van der Waals surface area contributed by atoms with E-state index in [1.807, 2.05) is 66.7 Å². The minimum atomic E-state index is -0.932. The zero-order valence-corrected chi connectivity index (χ0v) is 14.5. The van der Waals surface area contributed by atoms with Crippen molar-refractivity contribution in [1.82, 2.24) is 0 Å². The summed E-state index contributed by atoms with van der Waals surface area (Å²) in [6.45, 7) is 0. The molecule has 0 aliphatic rings. The average Bonchev–Trinajstić information content (AvgIpc) is 2.57. The Labute approximate surface area is 147 Å². The van der Waals surface area contributed by atoms with Crippen molar-refractivity contribution in [2.75, 3.05) is 0 Å². The predicted molar refractivity (Wildman–Crippen MR) is 99.6 cm³/mol. The van der Waals surface area contributed by atoms with Crippen LogP contribution in [0.25, 0.3) is 16.8 Å². The Morgan fingerprint density at radius 1 is 0.957 bits per heavy atom. The summed E-state index contributed by atoms with van der Waals surface area (Å²) in [6, 6.07) is 21.4. The number of carboxylic acids is 1. The van der Waals surface area contributed by atoms with Crippen LogP contribution >= 0.6 is 27.7 Å². The Balaban J connectivity index is 2.03. The van der Waals surface area contributed by atoms with Crippen molar-refractivity contribution in [3.63, 3.8) is 0 Å². The highest BCUT2D eigenvalue weighted by Gasteiger charge is 2.11. The molecular weight excluding hydrogens is 372 g/mol. The second-order valence-electron chi connectivity index (χ2n) is 4.92. The van der Waals surface area contributed by atoms with E-state index in [0.717, 1.165) is 25.7 Å². The lowest BCUT2D eigenvalue weighted by Crippen LogP contribution is -1.97. The molecule has 0 aliphatic heterocycles. The minimum absolute atomic E-state index is 0.284. The molecule has 0 atom stereocenters. The maximum Gasteiger partial charge on any atom is 0.342 e. The maximum absolute atomic E-state index is 11.6. The summed E-state index contributed by atoms with van der Waals surface area (Å²) in [5, 5.41) is 11.7. The molecule has 0 unspecified atom stereocenters. The van der Waals surface area contributed by atoms with E-state index in [1.165, 1.54) is 11.8 Å². The van der Waals surface area contributed by atoms with Crippen molar-refractivity contribution in [3.8, 4) is 0 Å². The van der Waals surface area contributed by atoms with E-state index >= 15 is 0 Å². The van der Waals surface area contributed by atoms with E-state index in [2.05, 4.69) is 15.9 Å². The largest absolute Gasteiger partial charge is 0.477 e. The average molecular weight is 385 g/mol. The van der Waals surface area contributed by atoms with Gasteiger partial charge in [0.1, 0.15) is 0 Å². The first kappa shape index (κ1) is 15.8. The van der Waals surface area contributed by atoms with Gasteiger partial charge >= 0.3 is 5.97 Å². The van der Waals surface area contributed by atoms with Gasteiger partial charge in [-0.05, 0) is 50.5 Å². The summed E-state index contributed by atoms with van der Waals surface area (Å²) in [4.78, 5) is 12.8. The molecule has 3 aromatic rings. The van der Waals surface area contributed by atoms with Gasteiger partial charge < -0.3 is 5.11 Å². The number of benzene rings is 3. The van der Waals surface area contributed by atoms with Crippen molar-refractivity contribution in [2.45, 2.75) is 4.90 Å². The highest BCUT2D eigenvalue weighted by molar-refractivity contribution is 9.10. The zero-order chi connectivity index (χ0) is 16.2. The summed E-state index contributed by atoms with van der Waals surface area (Å²) in [5.41, 5.74) is 0.851. The van der Waals surface area contributed by atoms with Crippen molar-refractivity contribution in [2.24, 2.45) is 0 Å². The van der Waals surface area contributed by atoms with E-state index in [4.69, 9.17) is 0 Å². The molecule has 0 saturated heterocycles. The van der Waals surface area contributed by atoms with Crippen molar-refractivity contribution in [3.05, 3.63) is 81.7 Å². The van der Waals surface area contributed by atoms with Gasteiger partial charge in [-0.3, -0.25) is 0 Å².